The maximum atomic E-state index is 6.44. The SMILES string of the molecule is Cc1cc(C(N)c2ccc(C3CCCCC3)cc2)sc1C. The minimum atomic E-state index is 0.0165. The first-order valence-electron chi connectivity index (χ1n) is 8.07. The molecule has 0 aliphatic heterocycles. The highest BCUT2D eigenvalue weighted by molar-refractivity contribution is 7.12. The van der Waals surface area contributed by atoms with E-state index >= 15 is 0 Å². The van der Waals surface area contributed by atoms with E-state index in [-0.39, 0.29) is 6.04 Å². The maximum Gasteiger partial charge on any atom is 0.0646 e. The van der Waals surface area contributed by atoms with E-state index in [9.17, 15) is 0 Å². The smallest absolute Gasteiger partial charge is 0.0646 e. The van der Waals surface area contributed by atoms with Gasteiger partial charge in [0.2, 0.25) is 0 Å². The van der Waals surface area contributed by atoms with Gasteiger partial charge in [-0.3, -0.25) is 0 Å². The Hall–Kier alpha value is -1.12. The van der Waals surface area contributed by atoms with E-state index in [4.69, 9.17) is 5.73 Å². The Kier molecular flexibility index (Phi) is 4.46. The third-order valence-electron chi connectivity index (χ3n) is 4.86. The third-order valence-corrected chi connectivity index (χ3v) is 6.10. The van der Waals surface area contributed by atoms with E-state index in [0.29, 0.717) is 0 Å². The third kappa shape index (κ3) is 3.22. The van der Waals surface area contributed by atoms with Gasteiger partial charge < -0.3 is 5.73 Å². The van der Waals surface area contributed by atoms with Crippen LogP contribution in [0, 0.1) is 13.8 Å². The molecule has 1 atom stereocenters. The normalized spacial score (nSPS) is 17.9. The number of nitrogens with two attached hydrogens (primary N) is 1. The number of hydrogen-bond donors (Lipinski definition) is 1. The van der Waals surface area contributed by atoms with Crippen LogP contribution in [0.1, 0.15) is 70.5 Å². The van der Waals surface area contributed by atoms with E-state index in [0.717, 1.165) is 5.92 Å². The maximum absolute atomic E-state index is 6.44. The highest BCUT2D eigenvalue weighted by atomic mass is 32.1. The zero-order chi connectivity index (χ0) is 14.8. The van der Waals surface area contributed by atoms with Gasteiger partial charge >= 0.3 is 0 Å². The standard InChI is InChI=1S/C19H25NS/c1-13-12-18(21-14(13)2)19(20)17-10-8-16(9-11-17)15-6-4-3-5-7-15/h8-12,15,19H,3-7,20H2,1-2H3. The van der Waals surface area contributed by atoms with Gasteiger partial charge in [0, 0.05) is 9.75 Å². The van der Waals surface area contributed by atoms with E-state index in [1.54, 1.807) is 0 Å². The number of hydrogen-bond acceptors (Lipinski definition) is 2. The predicted molar refractivity (Wildman–Crippen MR) is 92.1 cm³/mol. The first kappa shape index (κ1) is 14.8. The van der Waals surface area contributed by atoms with Gasteiger partial charge in [-0.05, 0) is 55.4 Å². The molecule has 0 spiro atoms. The fourth-order valence-electron chi connectivity index (χ4n) is 3.33. The molecule has 1 nitrogen and oxygen atoms in total. The highest BCUT2D eigenvalue weighted by Crippen LogP contribution is 2.34. The average Bonchev–Trinajstić information content (AvgIpc) is 2.87. The first-order valence-corrected chi connectivity index (χ1v) is 8.89. The lowest BCUT2D eigenvalue weighted by Crippen LogP contribution is -2.11. The lowest BCUT2D eigenvalue weighted by molar-refractivity contribution is 0.443. The number of thiophene rings is 1. The summed E-state index contributed by atoms with van der Waals surface area (Å²) < 4.78 is 0. The Morgan fingerprint density at radius 3 is 2.29 bits per heavy atom. The van der Waals surface area contributed by atoms with Crippen LogP contribution >= 0.6 is 11.3 Å². The molecule has 21 heavy (non-hydrogen) atoms. The van der Waals surface area contributed by atoms with Gasteiger partial charge in [-0.2, -0.15) is 0 Å². The number of rotatable bonds is 3. The molecule has 1 aromatic heterocycles. The molecule has 2 aromatic rings. The van der Waals surface area contributed by atoms with E-state index < -0.39 is 0 Å². The number of aryl methyl sites for hydroxylation is 2. The van der Waals surface area contributed by atoms with Crippen molar-refractivity contribution in [1.29, 1.82) is 0 Å². The first-order chi connectivity index (χ1) is 10.1. The molecule has 112 valence electrons. The Labute approximate surface area is 132 Å². The van der Waals surface area contributed by atoms with Gasteiger partial charge in [0.1, 0.15) is 0 Å². The van der Waals surface area contributed by atoms with Crippen LogP contribution < -0.4 is 5.73 Å². The second kappa shape index (κ2) is 6.33. The van der Waals surface area contributed by atoms with Crippen molar-refractivity contribution in [1.82, 2.24) is 0 Å². The Bertz CT molecular complexity index is 571. The molecule has 1 unspecified atom stereocenters. The summed E-state index contributed by atoms with van der Waals surface area (Å²) in [6, 6.07) is 11.3. The van der Waals surface area contributed by atoms with Crippen molar-refractivity contribution in [3.8, 4) is 0 Å². The van der Waals surface area contributed by atoms with Gasteiger partial charge in [0.05, 0.1) is 6.04 Å². The summed E-state index contributed by atoms with van der Waals surface area (Å²) in [5.74, 6) is 0.773. The second-order valence-electron chi connectivity index (χ2n) is 6.37. The van der Waals surface area contributed by atoms with Crippen molar-refractivity contribution in [3.05, 3.63) is 56.8 Å². The monoisotopic (exact) mass is 299 g/mol. The van der Waals surface area contributed by atoms with Crippen LogP contribution in [0.3, 0.4) is 0 Å². The van der Waals surface area contributed by atoms with Crippen LogP contribution in [0.4, 0.5) is 0 Å². The van der Waals surface area contributed by atoms with Crippen LogP contribution in [-0.2, 0) is 0 Å². The van der Waals surface area contributed by atoms with Crippen molar-refractivity contribution >= 4 is 11.3 Å². The summed E-state index contributed by atoms with van der Waals surface area (Å²) in [5, 5.41) is 0. The molecule has 2 N–H and O–H groups in total. The molecule has 1 aromatic carbocycles. The molecule has 3 rings (SSSR count). The fraction of sp³-hybridized carbons (Fsp3) is 0.474. The topological polar surface area (TPSA) is 26.0 Å². The molecule has 1 heterocycles. The summed E-state index contributed by atoms with van der Waals surface area (Å²) in [6.45, 7) is 4.33. The molecular weight excluding hydrogens is 274 g/mol. The van der Waals surface area contributed by atoms with Gasteiger partial charge in [-0.15, -0.1) is 11.3 Å². The van der Waals surface area contributed by atoms with E-state index in [1.165, 1.54) is 58.5 Å². The zero-order valence-electron chi connectivity index (χ0n) is 13.1. The van der Waals surface area contributed by atoms with E-state index in [1.807, 2.05) is 11.3 Å². The van der Waals surface area contributed by atoms with Crippen molar-refractivity contribution in [2.45, 2.75) is 57.9 Å². The Morgan fingerprint density at radius 1 is 1.05 bits per heavy atom. The van der Waals surface area contributed by atoms with Crippen LogP contribution in [0.2, 0.25) is 0 Å². The zero-order valence-corrected chi connectivity index (χ0v) is 13.9. The summed E-state index contributed by atoms with van der Waals surface area (Å²) in [7, 11) is 0. The minimum absolute atomic E-state index is 0.0165. The minimum Gasteiger partial charge on any atom is -0.320 e. The van der Waals surface area contributed by atoms with Crippen molar-refractivity contribution in [2.24, 2.45) is 5.73 Å². The predicted octanol–water partition coefficient (Wildman–Crippen LogP) is 5.46. The van der Waals surface area contributed by atoms with Crippen molar-refractivity contribution in [3.63, 3.8) is 0 Å². The van der Waals surface area contributed by atoms with Gasteiger partial charge in [-0.1, -0.05) is 43.5 Å². The molecular formula is C19H25NS. The van der Waals surface area contributed by atoms with Crippen LogP contribution in [0.25, 0.3) is 0 Å². The quantitative estimate of drug-likeness (QED) is 0.800. The summed E-state index contributed by atoms with van der Waals surface area (Å²) in [4.78, 5) is 2.65. The van der Waals surface area contributed by atoms with Gasteiger partial charge in [0.25, 0.3) is 0 Å². The molecule has 1 aliphatic carbocycles. The summed E-state index contributed by atoms with van der Waals surface area (Å²) >= 11 is 1.82. The molecule has 0 radical (unpaired) electrons. The van der Waals surface area contributed by atoms with Crippen LogP contribution in [0.5, 0.6) is 0 Å². The van der Waals surface area contributed by atoms with Crippen molar-refractivity contribution < 1.29 is 0 Å². The van der Waals surface area contributed by atoms with Crippen LogP contribution in [0.15, 0.2) is 30.3 Å². The lowest BCUT2D eigenvalue weighted by atomic mass is 9.83. The van der Waals surface area contributed by atoms with Crippen molar-refractivity contribution in [2.75, 3.05) is 0 Å². The molecule has 1 fully saturated rings. The highest BCUT2D eigenvalue weighted by Gasteiger charge is 2.17. The lowest BCUT2D eigenvalue weighted by Gasteiger charge is -2.22. The van der Waals surface area contributed by atoms with Gasteiger partial charge in [0.15, 0.2) is 0 Å². The molecule has 1 saturated carbocycles. The summed E-state index contributed by atoms with van der Waals surface area (Å²) in [6.07, 6.45) is 6.90. The number of benzene rings is 1. The molecule has 2 heteroatoms. The fourth-order valence-corrected chi connectivity index (χ4v) is 4.40. The molecule has 1 aliphatic rings. The molecule has 0 amide bonds. The molecule has 0 saturated heterocycles. The Morgan fingerprint density at radius 2 is 1.71 bits per heavy atom. The molecule has 0 bridgehead atoms. The second-order valence-corrected chi connectivity index (χ2v) is 7.66. The van der Waals surface area contributed by atoms with Crippen LogP contribution in [-0.4, -0.2) is 0 Å². The largest absolute Gasteiger partial charge is 0.320 e. The van der Waals surface area contributed by atoms with Gasteiger partial charge in [-0.25, -0.2) is 0 Å². The average molecular weight is 299 g/mol. The van der Waals surface area contributed by atoms with E-state index in [2.05, 4.69) is 44.2 Å². The summed E-state index contributed by atoms with van der Waals surface area (Å²) in [5.41, 5.74) is 10.5. The Balaban J connectivity index is 1.76.